The monoisotopic (exact) mass is 312 g/mol. The summed E-state index contributed by atoms with van der Waals surface area (Å²) < 4.78 is 26.7. The molecule has 0 radical (unpaired) electrons. The summed E-state index contributed by atoms with van der Waals surface area (Å²) in [7, 11) is -3.78. The number of rotatable bonds is 5. The van der Waals surface area contributed by atoms with Gasteiger partial charge in [-0.25, -0.2) is 22.9 Å². The van der Waals surface area contributed by atoms with E-state index in [1.54, 1.807) is 6.92 Å². The molecule has 0 aromatic carbocycles. The van der Waals surface area contributed by atoms with Crippen LogP contribution < -0.4 is 4.72 Å². The van der Waals surface area contributed by atoms with Gasteiger partial charge in [0.2, 0.25) is 0 Å². The number of nitrogens with one attached hydrogen (secondary N) is 1. The summed E-state index contributed by atoms with van der Waals surface area (Å²) in [5.41, 5.74) is -0.0599. The van der Waals surface area contributed by atoms with E-state index in [0.29, 0.717) is 0 Å². The minimum absolute atomic E-state index is 0.0599. The van der Waals surface area contributed by atoms with E-state index in [1.807, 2.05) is 17.5 Å². The Kier molecular flexibility index (Phi) is 4.17. The van der Waals surface area contributed by atoms with Crippen LogP contribution in [0.4, 0.5) is 0 Å². The lowest BCUT2D eigenvalue weighted by Gasteiger charge is -2.12. The maximum atomic E-state index is 12.1. The first-order chi connectivity index (χ1) is 9.40. The summed E-state index contributed by atoms with van der Waals surface area (Å²) in [5.74, 6) is -1.15. The Bertz CT molecular complexity index is 694. The van der Waals surface area contributed by atoms with E-state index < -0.39 is 16.0 Å². The van der Waals surface area contributed by atoms with E-state index in [1.165, 1.54) is 23.5 Å². The van der Waals surface area contributed by atoms with Crippen molar-refractivity contribution >= 4 is 27.3 Å². The minimum atomic E-state index is -3.78. The molecule has 1 atom stereocenters. The van der Waals surface area contributed by atoms with Crippen LogP contribution >= 0.6 is 11.3 Å². The number of pyridine rings is 1. The highest BCUT2D eigenvalue weighted by Crippen LogP contribution is 2.20. The number of sulfonamides is 1. The first kappa shape index (κ1) is 14.6. The normalized spacial score (nSPS) is 13.1. The van der Waals surface area contributed by atoms with Crippen molar-refractivity contribution in [2.24, 2.45) is 0 Å². The second-order valence-electron chi connectivity index (χ2n) is 4.05. The molecule has 0 amide bonds. The largest absolute Gasteiger partial charge is 0.478 e. The quantitative estimate of drug-likeness (QED) is 0.878. The maximum absolute atomic E-state index is 12.1. The van der Waals surface area contributed by atoms with E-state index >= 15 is 0 Å². The van der Waals surface area contributed by atoms with Crippen molar-refractivity contribution in [2.45, 2.75) is 18.0 Å². The van der Waals surface area contributed by atoms with Crippen LogP contribution in [0.1, 0.15) is 28.2 Å². The lowest BCUT2D eigenvalue weighted by Crippen LogP contribution is -2.27. The molecule has 0 aliphatic rings. The van der Waals surface area contributed by atoms with E-state index in [2.05, 4.69) is 9.71 Å². The molecular weight excluding hydrogens is 300 g/mol. The molecule has 0 unspecified atom stereocenters. The Morgan fingerprint density at radius 2 is 2.15 bits per heavy atom. The van der Waals surface area contributed by atoms with E-state index in [-0.39, 0.29) is 16.6 Å². The van der Waals surface area contributed by atoms with Crippen molar-refractivity contribution in [3.63, 3.8) is 0 Å². The number of carboxylic acid groups (broad SMARTS) is 1. The van der Waals surface area contributed by atoms with Gasteiger partial charge in [0.25, 0.3) is 10.0 Å². The summed E-state index contributed by atoms with van der Waals surface area (Å²) in [4.78, 5) is 15.3. The molecule has 0 aliphatic heterocycles. The van der Waals surface area contributed by atoms with E-state index in [9.17, 15) is 13.2 Å². The Morgan fingerprint density at radius 1 is 1.40 bits per heavy atom. The van der Waals surface area contributed by atoms with Gasteiger partial charge in [-0.3, -0.25) is 0 Å². The van der Waals surface area contributed by atoms with Gasteiger partial charge in [-0.05, 0) is 30.5 Å². The molecule has 2 rings (SSSR count). The number of hydrogen-bond donors (Lipinski definition) is 2. The number of aromatic nitrogens is 1. The average molecular weight is 312 g/mol. The van der Waals surface area contributed by atoms with Crippen LogP contribution in [-0.2, 0) is 10.0 Å². The fraction of sp³-hybridized carbons (Fsp3) is 0.167. The third-order valence-corrected chi connectivity index (χ3v) is 5.07. The Hall–Kier alpha value is -1.77. The zero-order chi connectivity index (χ0) is 14.8. The number of nitrogens with zero attached hydrogens (tertiary/aromatic N) is 1. The average Bonchev–Trinajstić information content (AvgIpc) is 2.92. The number of carbonyl (C=O) groups is 1. The highest BCUT2D eigenvalue weighted by molar-refractivity contribution is 7.89. The summed E-state index contributed by atoms with van der Waals surface area (Å²) in [6.45, 7) is 1.73. The van der Waals surface area contributed by atoms with Gasteiger partial charge in [-0.15, -0.1) is 11.3 Å². The summed E-state index contributed by atoms with van der Waals surface area (Å²) in [6, 6.07) is 5.68. The van der Waals surface area contributed by atoms with Crippen LogP contribution in [0.25, 0.3) is 0 Å². The molecule has 0 saturated carbocycles. The van der Waals surface area contributed by atoms with Crippen molar-refractivity contribution in [1.29, 1.82) is 0 Å². The Balaban J connectivity index is 2.20. The van der Waals surface area contributed by atoms with Gasteiger partial charge >= 0.3 is 5.97 Å². The molecule has 106 valence electrons. The highest BCUT2D eigenvalue weighted by atomic mass is 32.2. The van der Waals surface area contributed by atoms with Crippen molar-refractivity contribution < 1.29 is 18.3 Å². The van der Waals surface area contributed by atoms with E-state index in [4.69, 9.17) is 5.11 Å². The van der Waals surface area contributed by atoms with Crippen LogP contribution in [-0.4, -0.2) is 24.5 Å². The SMILES string of the molecule is C[C@H](NS(=O)(=O)c1ccc(C(=O)O)cn1)c1cccs1. The first-order valence-electron chi connectivity index (χ1n) is 5.65. The molecule has 0 aliphatic carbocycles. The van der Waals surface area contributed by atoms with Gasteiger partial charge < -0.3 is 5.11 Å². The van der Waals surface area contributed by atoms with Crippen LogP contribution in [0, 0.1) is 0 Å². The predicted octanol–water partition coefficient (Wildman–Crippen LogP) is 1.88. The molecular formula is C12H12N2O4S2. The number of hydrogen-bond acceptors (Lipinski definition) is 5. The predicted molar refractivity (Wildman–Crippen MR) is 74.3 cm³/mol. The van der Waals surface area contributed by atoms with Crippen molar-refractivity contribution in [3.8, 4) is 0 Å². The molecule has 6 nitrogen and oxygen atoms in total. The standard InChI is InChI=1S/C12H12N2O4S2/c1-8(10-3-2-6-19-10)14-20(17,18)11-5-4-9(7-13-11)12(15)16/h2-8,14H,1H3,(H,15,16)/t8-/m0/s1. The summed E-state index contributed by atoms with van der Waals surface area (Å²) in [5, 5.41) is 10.4. The summed E-state index contributed by atoms with van der Waals surface area (Å²) >= 11 is 1.45. The van der Waals surface area contributed by atoms with E-state index in [0.717, 1.165) is 11.1 Å². The van der Waals surface area contributed by atoms with Gasteiger partial charge in [0.1, 0.15) is 0 Å². The second-order valence-corrected chi connectivity index (χ2v) is 6.69. The van der Waals surface area contributed by atoms with Crippen LogP contribution in [0.2, 0.25) is 0 Å². The number of thiophene rings is 1. The van der Waals surface area contributed by atoms with Gasteiger partial charge in [0.15, 0.2) is 5.03 Å². The zero-order valence-electron chi connectivity index (χ0n) is 10.5. The minimum Gasteiger partial charge on any atom is -0.478 e. The van der Waals surface area contributed by atoms with Crippen molar-refractivity contribution in [3.05, 3.63) is 46.3 Å². The molecule has 0 saturated heterocycles. The van der Waals surface area contributed by atoms with Gasteiger partial charge in [-0.1, -0.05) is 6.07 Å². The first-order valence-corrected chi connectivity index (χ1v) is 8.01. The van der Waals surface area contributed by atoms with Gasteiger partial charge in [-0.2, -0.15) is 0 Å². The molecule has 0 spiro atoms. The third-order valence-electron chi connectivity index (χ3n) is 2.56. The topological polar surface area (TPSA) is 96.4 Å². The molecule has 8 heteroatoms. The molecule has 2 aromatic rings. The lowest BCUT2D eigenvalue weighted by atomic mass is 10.3. The van der Waals surface area contributed by atoms with Crippen molar-refractivity contribution in [1.82, 2.24) is 9.71 Å². The zero-order valence-corrected chi connectivity index (χ0v) is 12.1. The molecule has 0 bridgehead atoms. The highest BCUT2D eigenvalue weighted by Gasteiger charge is 2.20. The fourth-order valence-corrected chi connectivity index (χ4v) is 3.52. The Labute approximate surface area is 120 Å². The Morgan fingerprint density at radius 3 is 2.65 bits per heavy atom. The lowest BCUT2D eigenvalue weighted by molar-refractivity contribution is 0.0696. The fourth-order valence-electron chi connectivity index (χ4n) is 1.55. The van der Waals surface area contributed by atoms with Crippen LogP contribution in [0.3, 0.4) is 0 Å². The van der Waals surface area contributed by atoms with Crippen LogP contribution in [0.5, 0.6) is 0 Å². The smallest absolute Gasteiger partial charge is 0.337 e. The summed E-state index contributed by atoms with van der Waals surface area (Å²) in [6.07, 6.45) is 1.02. The van der Waals surface area contributed by atoms with Crippen molar-refractivity contribution in [2.75, 3.05) is 0 Å². The molecule has 0 fully saturated rings. The molecule has 2 N–H and O–H groups in total. The van der Waals surface area contributed by atoms with Crippen LogP contribution in [0.15, 0.2) is 40.9 Å². The van der Waals surface area contributed by atoms with Gasteiger partial charge in [0.05, 0.1) is 11.6 Å². The second kappa shape index (κ2) is 5.70. The molecule has 2 aromatic heterocycles. The molecule has 20 heavy (non-hydrogen) atoms. The maximum Gasteiger partial charge on any atom is 0.337 e. The van der Waals surface area contributed by atoms with Gasteiger partial charge in [0, 0.05) is 11.1 Å². The molecule has 2 heterocycles. The number of aromatic carboxylic acids is 1. The number of carboxylic acids is 1. The third kappa shape index (κ3) is 3.21.